The third kappa shape index (κ3) is 8.99. The Hall–Kier alpha value is -7.04. The lowest BCUT2D eigenvalue weighted by atomic mass is 10.0. The lowest BCUT2D eigenvalue weighted by molar-refractivity contribution is 0.856. The molecule has 2 heterocycles. The molecule has 0 saturated heterocycles. The molecule has 0 aliphatic carbocycles. The number of aromatic nitrogens is 4. The molecule has 0 atom stereocenters. The number of benzene rings is 2. The number of hydrogen-bond acceptors (Lipinski definition) is 10. The van der Waals surface area contributed by atoms with Gasteiger partial charge in [0.25, 0.3) is 11.6 Å². The number of H-pyrrole nitrogens is 2. The van der Waals surface area contributed by atoms with Crippen molar-refractivity contribution in [3.8, 4) is 12.1 Å². The van der Waals surface area contributed by atoms with E-state index in [1.54, 1.807) is 0 Å². The molecule has 2 aromatic heterocycles. The Kier molecular flexibility index (Phi) is 10.9. The van der Waals surface area contributed by atoms with Crippen LogP contribution in [0.3, 0.4) is 0 Å². The Morgan fingerprint density at radius 3 is 1.66 bits per heavy atom. The van der Waals surface area contributed by atoms with Gasteiger partial charge in [-0.3, -0.25) is 15.8 Å². The predicted molar refractivity (Wildman–Crippen MR) is 176 cm³/mol. The highest BCUT2D eigenvalue weighted by Crippen LogP contribution is 2.28. The van der Waals surface area contributed by atoms with E-state index >= 15 is 0 Å². The molecule has 0 spiro atoms. The first-order valence-corrected chi connectivity index (χ1v) is 14.2. The van der Waals surface area contributed by atoms with Crippen LogP contribution in [-0.2, 0) is 6.42 Å². The summed E-state index contributed by atoms with van der Waals surface area (Å²) >= 11 is 0. The zero-order valence-electron chi connectivity index (χ0n) is 25.8. The highest BCUT2D eigenvalue weighted by molar-refractivity contribution is 5.85. The van der Waals surface area contributed by atoms with Crippen molar-refractivity contribution < 1.29 is 0 Å². The maximum Gasteiger partial charge on any atom is 0.414 e. The Bertz CT molecular complexity index is 1790. The Labute approximate surface area is 270 Å². The summed E-state index contributed by atoms with van der Waals surface area (Å²) in [5, 5.41) is 43.1. The summed E-state index contributed by atoms with van der Waals surface area (Å²) in [6.07, 6.45) is 0.713. The molecule has 0 radical (unpaired) electrons. The first-order chi connectivity index (χ1) is 22.7. The van der Waals surface area contributed by atoms with Crippen LogP contribution in [0.15, 0.2) is 79.2 Å². The minimum atomic E-state index is -0.0585. The fourth-order valence-electron chi connectivity index (χ4n) is 3.72. The van der Waals surface area contributed by atoms with Crippen molar-refractivity contribution >= 4 is 46.6 Å². The van der Waals surface area contributed by atoms with E-state index in [4.69, 9.17) is 23.7 Å². The van der Waals surface area contributed by atoms with Crippen molar-refractivity contribution in [1.29, 1.82) is 10.5 Å². The van der Waals surface area contributed by atoms with Crippen LogP contribution in [-0.4, -0.2) is 31.6 Å². The molecule has 2 aromatic carbocycles. The molecule has 16 heteroatoms. The van der Waals surface area contributed by atoms with Crippen LogP contribution in [0.4, 0.5) is 34.9 Å². The van der Waals surface area contributed by atoms with Crippen molar-refractivity contribution in [3.05, 3.63) is 93.9 Å². The fourth-order valence-corrected chi connectivity index (χ4v) is 3.72. The first kappa shape index (κ1) is 32.9. The summed E-state index contributed by atoms with van der Waals surface area (Å²) in [6, 6.07) is 19.4. The van der Waals surface area contributed by atoms with Gasteiger partial charge in [0.15, 0.2) is 23.1 Å². The maximum atomic E-state index is 9.06. The number of nitriles is 2. The first-order valence-electron chi connectivity index (χ1n) is 14.2. The minimum absolute atomic E-state index is 0.0219. The molecular weight excluding hydrogens is 596 g/mol. The van der Waals surface area contributed by atoms with Crippen molar-refractivity contribution in [2.75, 3.05) is 10.9 Å². The van der Waals surface area contributed by atoms with Gasteiger partial charge in [0.2, 0.25) is 5.95 Å². The lowest BCUT2D eigenvalue weighted by Gasteiger charge is -2.08. The lowest BCUT2D eigenvalue weighted by Crippen LogP contribution is -2.07. The van der Waals surface area contributed by atoms with Gasteiger partial charge in [0, 0.05) is 11.8 Å². The zero-order chi connectivity index (χ0) is 33.8. The molecule has 4 aromatic rings. The average Bonchev–Trinajstić information content (AvgIpc) is 3.68. The second-order valence-electron chi connectivity index (χ2n) is 10.4. The van der Waals surface area contributed by atoms with E-state index < -0.39 is 0 Å². The molecule has 16 nitrogen and oxygen atoms in total. The van der Waals surface area contributed by atoms with Crippen LogP contribution in [0, 0.1) is 47.6 Å². The molecule has 232 valence electrons. The van der Waals surface area contributed by atoms with Gasteiger partial charge >= 0.3 is 5.95 Å². The molecule has 47 heavy (non-hydrogen) atoms. The Balaban J connectivity index is 1.34. The number of hydrogen-bond donors (Lipinski definition) is 4. The van der Waals surface area contributed by atoms with E-state index in [1.165, 1.54) is 0 Å². The van der Waals surface area contributed by atoms with Crippen LogP contribution in [0.5, 0.6) is 0 Å². The fraction of sp³-hybridized carbons (Fsp3) is 0.226. The number of rotatable bonds is 10. The van der Waals surface area contributed by atoms with Gasteiger partial charge < -0.3 is 14.7 Å². The molecule has 0 amide bonds. The van der Waals surface area contributed by atoms with E-state index in [0.29, 0.717) is 18.1 Å². The van der Waals surface area contributed by atoms with Crippen LogP contribution in [0.1, 0.15) is 50.2 Å². The van der Waals surface area contributed by atoms with Crippen LogP contribution in [0.2, 0.25) is 0 Å². The van der Waals surface area contributed by atoms with Crippen molar-refractivity contribution in [2.24, 2.45) is 42.5 Å². The number of nitrogens with zero attached hydrogens (tertiary/aromatic N) is 12. The molecule has 4 rings (SSSR count). The number of imidazole rings is 2. The van der Waals surface area contributed by atoms with E-state index in [9.17, 15) is 0 Å². The minimum Gasteiger partial charge on any atom is -0.373 e. The third-order valence-electron chi connectivity index (χ3n) is 6.22. The normalized spacial score (nSPS) is 11.9. The van der Waals surface area contributed by atoms with Gasteiger partial charge in [-0.1, -0.05) is 75.2 Å². The molecule has 0 fully saturated rings. The van der Waals surface area contributed by atoms with Crippen LogP contribution >= 0.6 is 0 Å². The standard InChI is InChI=1S/C31H28N16/c1-18(2)26(44-46-30-36-24(16-32)25(17-33)37-30)42-40-22-11-7-20(8-12-22)15-21-9-13-23(14-10-21)41-43-27(19(3)4)45-47-31-38-28(34-5)29(35-6)39-31/h7-14,18-19,40-41H,15H2,1-4H3,(H,36,37)(H,38,39)/b42-26-,43-27-,46-44?,47-45?. The SMILES string of the molecule is [C-]#[N+]c1nc(N=N/C(=N\Nc2ccc(Cc3ccc(N/N=C(\N=Nc4nc(C#N)c(C#N)[nH]4)C(C)C)cc3)cc2)C(C)C)[nH]c1[N+]#[C-]. The number of nitrogens with one attached hydrogen (secondary N) is 4. The van der Waals surface area contributed by atoms with Crippen LogP contribution < -0.4 is 10.9 Å². The Morgan fingerprint density at radius 2 is 1.28 bits per heavy atom. The molecule has 0 aliphatic rings. The number of hydrazone groups is 2. The van der Waals surface area contributed by atoms with E-state index in [1.807, 2.05) is 88.4 Å². The van der Waals surface area contributed by atoms with Crippen LogP contribution in [0.25, 0.3) is 9.69 Å². The highest BCUT2D eigenvalue weighted by atomic mass is 15.4. The van der Waals surface area contributed by atoms with Gasteiger partial charge in [-0.05, 0) is 41.8 Å². The summed E-state index contributed by atoms with van der Waals surface area (Å²) in [5.41, 5.74) is 9.72. The summed E-state index contributed by atoms with van der Waals surface area (Å²) in [5.74, 6) is 0.810. The van der Waals surface area contributed by atoms with Gasteiger partial charge in [0.05, 0.1) is 11.4 Å². The second kappa shape index (κ2) is 15.6. The van der Waals surface area contributed by atoms with Crippen molar-refractivity contribution in [2.45, 2.75) is 34.1 Å². The monoisotopic (exact) mass is 624 g/mol. The van der Waals surface area contributed by atoms with Gasteiger partial charge in [-0.15, -0.1) is 15.3 Å². The molecule has 0 saturated carbocycles. The average molecular weight is 625 g/mol. The molecule has 0 bridgehead atoms. The smallest absolute Gasteiger partial charge is 0.373 e. The van der Waals surface area contributed by atoms with E-state index in [0.717, 1.165) is 22.5 Å². The zero-order valence-corrected chi connectivity index (χ0v) is 25.8. The molecular formula is C31H28N16. The Morgan fingerprint density at radius 1 is 0.766 bits per heavy atom. The predicted octanol–water partition coefficient (Wildman–Crippen LogP) is 7.90. The largest absolute Gasteiger partial charge is 0.414 e. The van der Waals surface area contributed by atoms with Gasteiger partial charge in [-0.25, -0.2) is 0 Å². The van der Waals surface area contributed by atoms with Gasteiger partial charge in [-0.2, -0.15) is 25.7 Å². The number of azo groups is 2. The number of anilines is 2. The van der Waals surface area contributed by atoms with Crippen molar-refractivity contribution in [1.82, 2.24) is 19.9 Å². The molecule has 4 N–H and O–H groups in total. The summed E-state index contributed by atoms with van der Waals surface area (Å²) < 4.78 is 0. The molecule has 0 unspecified atom stereocenters. The van der Waals surface area contributed by atoms with E-state index in [2.05, 4.69) is 71.1 Å². The van der Waals surface area contributed by atoms with Crippen molar-refractivity contribution in [3.63, 3.8) is 0 Å². The number of amidine groups is 2. The summed E-state index contributed by atoms with van der Waals surface area (Å²) in [6.45, 7) is 21.9. The topological polar surface area (TPSA) is 212 Å². The molecule has 0 aliphatic heterocycles. The number of aromatic amines is 2. The third-order valence-corrected chi connectivity index (χ3v) is 6.22. The summed E-state index contributed by atoms with van der Waals surface area (Å²) in [7, 11) is 0. The van der Waals surface area contributed by atoms with E-state index in [-0.39, 0.29) is 46.8 Å². The second-order valence-corrected chi connectivity index (χ2v) is 10.4. The maximum absolute atomic E-state index is 9.06. The van der Waals surface area contributed by atoms with Gasteiger partial charge in [0.1, 0.15) is 12.1 Å². The quantitative estimate of drug-likeness (QED) is 0.0452. The summed E-state index contributed by atoms with van der Waals surface area (Å²) in [4.78, 5) is 19.6. The highest BCUT2D eigenvalue weighted by Gasteiger charge is 2.14.